The van der Waals surface area contributed by atoms with Crippen LogP contribution >= 0.6 is 11.6 Å². The zero-order chi connectivity index (χ0) is 29.8. The van der Waals surface area contributed by atoms with Crippen LogP contribution in [0.4, 0.5) is 0 Å². The van der Waals surface area contributed by atoms with Crippen LogP contribution in [0, 0.1) is 17.8 Å². The number of phenols is 1. The van der Waals surface area contributed by atoms with E-state index in [1.54, 1.807) is 6.07 Å². The third-order valence-electron chi connectivity index (χ3n) is 8.93. The minimum Gasteiger partial charge on any atom is -0.508 e. The highest BCUT2D eigenvalue weighted by Gasteiger charge is 2.56. The van der Waals surface area contributed by atoms with Crippen LogP contribution in [0.2, 0.25) is 5.02 Å². The molecular weight excluding hydrogens is 554 g/mol. The van der Waals surface area contributed by atoms with Gasteiger partial charge < -0.3 is 14.9 Å². The summed E-state index contributed by atoms with van der Waals surface area (Å²) in [4.78, 5) is 39.2. The summed E-state index contributed by atoms with van der Waals surface area (Å²) in [5.74, 6) is -1.70. The molecular formula is C34H38ClNO6. The molecule has 8 heteroatoms. The summed E-state index contributed by atoms with van der Waals surface area (Å²) < 4.78 is 6.39. The number of benzene rings is 2. The predicted molar refractivity (Wildman–Crippen MR) is 162 cm³/mol. The second kappa shape index (κ2) is 13.3. The zero-order valence-electron chi connectivity index (χ0n) is 23.9. The summed E-state index contributed by atoms with van der Waals surface area (Å²) in [6.45, 7) is 2.89. The first-order valence-electron chi connectivity index (χ1n) is 14.9. The van der Waals surface area contributed by atoms with Crippen molar-refractivity contribution in [1.29, 1.82) is 0 Å². The number of ether oxygens (including phenoxy) is 1. The van der Waals surface area contributed by atoms with Crippen LogP contribution in [0.3, 0.4) is 0 Å². The normalized spacial score (nSPS) is 23.9. The number of phenolic OH excluding ortho intramolecular Hbond substituents is 1. The third kappa shape index (κ3) is 6.32. The van der Waals surface area contributed by atoms with Gasteiger partial charge in [0.05, 0.1) is 29.6 Å². The molecule has 0 saturated carbocycles. The van der Waals surface area contributed by atoms with Gasteiger partial charge in [0, 0.05) is 18.9 Å². The average Bonchev–Trinajstić information content (AvgIpc) is 3.50. The number of nitrogens with zero attached hydrogens (tertiary/aromatic N) is 1. The van der Waals surface area contributed by atoms with Gasteiger partial charge in [-0.15, -0.1) is 0 Å². The maximum atomic E-state index is 13.6. The van der Waals surface area contributed by atoms with Gasteiger partial charge in [-0.3, -0.25) is 19.3 Å². The molecule has 5 rings (SSSR count). The minimum atomic E-state index is -0.827. The molecule has 7 nitrogen and oxygen atoms in total. The monoisotopic (exact) mass is 591 g/mol. The second-order valence-corrected chi connectivity index (χ2v) is 11.9. The molecule has 1 aliphatic carbocycles. The van der Waals surface area contributed by atoms with Crippen molar-refractivity contribution in [3.05, 3.63) is 75.8 Å². The van der Waals surface area contributed by atoms with E-state index in [1.165, 1.54) is 22.1 Å². The molecule has 2 aliphatic heterocycles. The molecule has 0 radical (unpaired) electrons. The number of rotatable bonds is 12. The van der Waals surface area contributed by atoms with Crippen LogP contribution < -0.4 is 0 Å². The van der Waals surface area contributed by atoms with Crippen LogP contribution in [-0.2, 0) is 19.1 Å². The van der Waals surface area contributed by atoms with E-state index in [1.807, 2.05) is 24.3 Å². The molecule has 3 aliphatic rings. The molecule has 2 N–H and O–H groups in total. The van der Waals surface area contributed by atoms with Crippen LogP contribution in [0.25, 0.3) is 11.6 Å². The number of carbonyl (C=O) groups is 3. The van der Waals surface area contributed by atoms with Gasteiger partial charge in [0.2, 0.25) is 11.8 Å². The third-order valence-corrected chi connectivity index (χ3v) is 9.26. The smallest absolute Gasteiger partial charge is 0.303 e. The predicted octanol–water partition coefficient (Wildman–Crippen LogP) is 6.74. The number of carboxylic acids is 1. The van der Waals surface area contributed by atoms with Gasteiger partial charge in [-0.2, -0.15) is 0 Å². The highest BCUT2D eigenvalue weighted by molar-refractivity contribution is 6.32. The lowest BCUT2D eigenvalue weighted by atomic mass is 9.69. The van der Waals surface area contributed by atoms with Crippen LogP contribution in [-0.4, -0.2) is 52.2 Å². The first-order valence-corrected chi connectivity index (χ1v) is 15.3. The van der Waals surface area contributed by atoms with Gasteiger partial charge in [0.1, 0.15) is 5.75 Å². The summed E-state index contributed by atoms with van der Waals surface area (Å²) in [5, 5.41) is 19.1. The maximum Gasteiger partial charge on any atom is 0.303 e. The molecule has 0 spiro atoms. The summed E-state index contributed by atoms with van der Waals surface area (Å²) in [5.41, 5.74) is 5.45. The molecule has 0 aromatic heterocycles. The Kier molecular flexibility index (Phi) is 9.49. The van der Waals surface area contributed by atoms with Gasteiger partial charge in [-0.25, -0.2) is 0 Å². The number of unbranched alkanes of at least 4 members (excludes halogenated alkanes) is 2. The van der Waals surface area contributed by atoms with E-state index in [-0.39, 0.29) is 47.8 Å². The summed E-state index contributed by atoms with van der Waals surface area (Å²) in [6, 6.07) is 15.1. The lowest BCUT2D eigenvalue weighted by Crippen LogP contribution is -2.34. The van der Waals surface area contributed by atoms with Crippen molar-refractivity contribution in [1.82, 2.24) is 4.90 Å². The van der Waals surface area contributed by atoms with Gasteiger partial charge in [-0.1, -0.05) is 60.9 Å². The summed E-state index contributed by atoms with van der Waals surface area (Å²) in [7, 11) is 0. The highest BCUT2D eigenvalue weighted by Crippen LogP contribution is 2.50. The lowest BCUT2D eigenvalue weighted by Gasteiger charge is -2.31. The van der Waals surface area contributed by atoms with E-state index in [4.69, 9.17) is 21.4 Å². The maximum absolute atomic E-state index is 13.6. The first-order chi connectivity index (χ1) is 20.3. The molecule has 2 saturated heterocycles. The summed E-state index contributed by atoms with van der Waals surface area (Å²) >= 11 is 6.44. The molecule has 2 aromatic rings. The van der Waals surface area contributed by atoms with Gasteiger partial charge in [0.15, 0.2) is 0 Å². The van der Waals surface area contributed by atoms with Gasteiger partial charge in [-0.05, 0) is 85.1 Å². The number of aliphatic carboxylic acids is 1. The van der Waals surface area contributed by atoms with Crippen molar-refractivity contribution >= 4 is 41.0 Å². The number of carbonyl (C=O) groups excluding carboxylic acids is 2. The molecule has 2 fully saturated rings. The molecule has 222 valence electrons. The number of carboxylic acid groups (broad SMARTS) is 1. The Hall–Kier alpha value is -3.42. The minimum absolute atomic E-state index is 0.0863. The Morgan fingerprint density at radius 2 is 1.83 bits per heavy atom. The number of halogens is 1. The molecule has 4 atom stereocenters. The zero-order valence-corrected chi connectivity index (χ0v) is 24.7. The quantitative estimate of drug-likeness (QED) is 0.123. The number of imide groups is 1. The Labute approximate surface area is 251 Å². The number of amides is 2. The van der Waals surface area contributed by atoms with Crippen molar-refractivity contribution in [2.75, 3.05) is 13.2 Å². The molecule has 0 unspecified atom stereocenters. The first kappa shape index (κ1) is 30.1. The Morgan fingerprint density at radius 3 is 2.55 bits per heavy atom. The Morgan fingerprint density at radius 1 is 1.05 bits per heavy atom. The van der Waals surface area contributed by atoms with E-state index < -0.39 is 5.97 Å². The van der Waals surface area contributed by atoms with E-state index in [2.05, 4.69) is 25.1 Å². The van der Waals surface area contributed by atoms with Crippen molar-refractivity contribution < 1.29 is 29.3 Å². The Bertz CT molecular complexity index is 1400. The van der Waals surface area contributed by atoms with E-state index in [0.29, 0.717) is 43.9 Å². The summed E-state index contributed by atoms with van der Waals surface area (Å²) in [6.07, 6.45) is 6.74. The number of likely N-dealkylation sites (tertiary alicyclic amines) is 1. The number of allylic oxidation sites excluding steroid dienone is 2. The van der Waals surface area contributed by atoms with E-state index in [9.17, 15) is 19.5 Å². The van der Waals surface area contributed by atoms with E-state index in [0.717, 1.165) is 36.0 Å². The molecule has 2 amide bonds. The van der Waals surface area contributed by atoms with Crippen molar-refractivity contribution in [2.45, 2.75) is 64.4 Å². The number of fused-ring (bicyclic) bond motifs is 3. The highest BCUT2D eigenvalue weighted by atomic mass is 35.5. The van der Waals surface area contributed by atoms with Crippen molar-refractivity contribution in [2.24, 2.45) is 17.8 Å². The van der Waals surface area contributed by atoms with Crippen LogP contribution in [0.15, 0.2) is 59.7 Å². The fourth-order valence-electron chi connectivity index (χ4n) is 6.88. The standard InChI is InChI=1S/C34H38ClNO6/c1-2-21-18-26-32(34(41)36(33(26)40)16-8-4-7-11-30(38)39)27-20-42-29(31(21)27)15-13-23(22-9-5-3-6-10-22)17-24-12-14-25(37)19-28(24)35/h3,5-6,9-10,12,14,17,19,26-27,29,32,37H,2,4,7-8,11,13,15-16,18,20H2,1H3,(H,38,39)/b23-17-/t26-,27+,29-,32-/m1/s1. The molecule has 2 heterocycles. The number of hydrogen-bond donors (Lipinski definition) is 2. The fraction of sp³-hybridized carbons (Fsp3) is 0.441. The van der Waals surface area contributed by atoms with Crippen molar-refractivity contribution in [3.63, 3.8) is 0 Å². The van der Waals surface area contributed by atoms with E-state index >= 15 is 0 Å². The number of hydrogen-bond acceptors (Lipinski definition) is 5. The second-order valence-electron chi connectivity index (χ2n) is 11.5. The molecule has 42 heavy (non-hydrogen) atoms. The van der Waals surface area contributed by atoms with Crippen molar-refractivity contribution in [3.8, 4) is 5.75 Å². The van der Waals surface area contributed by atoms with Crippen LogP contribution in [0.1, 0.15) is 69.4 Å². The van der Waals surface area contributed by atoms with Crippen LogP contribution in [0.5, 0.6) is 5.75 Å². The molecule has 2 aromatic carbocycles. The topological polar surface area (TPSA) is 104 Å². The SMILES string of the molecule is CCC1=C2[C@@H](CC/C(=C/c3ccc(O)cc3Cl)c3ccccc3)OC[C@@H]2[C@@H]2C(=O)N(CCCCCC(=O)O)C(=O)[C@@H]2C1. The Balaban J connectivity index is 1.32. The fourth-order valence-corrected chi connectivity index (χ4v) is 7.11. The van der Waals surface area contributed by atoms with Gasteiger partial charge >= 0.3 is 5.97 Å². The largest absolute Gasteiger partial charge is 0.508 e. The average molecular weight is 592 g/mol. The van der Waals surface area contributed by atoms with Gasteiger partial charge in [0.25, 0.3) is 0 Å². The lowest BCUT2D eigenvalue weighted by molar-refractivity contribution is -0.141. The molecule has 0 bridgehead atoms. The number of aromatic hydroxyl groups is 1.